The highest BCUT2D eigenvalue weighted by atomic mass is 16.5. The number of aromatic nitrogens is 1. The molecule has 0 saturated heterocycles. The Labute approximate surface area is 72.6 Å². The lowest BCUT2D eigenvalue weighted by Crippen LogP contribution is -2.26. The van der Waals surface area contributed by atoms with Crippen LogP contribution in [0.2, 0.25) is 0 Å². The second kappa shape index (κ2) is 4.18. The third-order valence-corrected chi connectivity index (χ3v) is 1.71. The molecule has 0 spiro atoms. The Morgan fingerprint density at radius 3 is 2.67 bits per heavy atom. The summed E-state index contributed by atoms with van der Waals surface area (Å²) in [4.78, 5) is 4.17. The minimum absolute atomic E-state index is 0.0371. The van der Waals surface area contributed by atoms with Crippen LogP contribution >= 0.6 is 0 Å². The first-order valence-corrected chi connectivity index (χ1v) is 3.95. The molecule has 2 N–H and O–H groups in total. The lowest BCUT2D eigenvalue weighted by molar-refractivity contribution is 0.0819. The van der Waals surface area contributed by atoms with Crippen LogP contribution in [0.3, 0.4) is 0 Å². The van der Waals surface area contributed by atoms with E-state index in [9.17, 15) is 0 Å². The van der Waals surface area contributed by atoms with Gasteiger partial charge in [-0.05, 0) is 19.1 Å². The van der Waals surface area contributed by atoms with Crippen molar-refractivity contribution in [1.29, 1.82) is 0 Å². The molecule has 2 atom stereocenters. The zero-order valence-electron chi connectivity index (χ0n) is 7.40. The summed E-state index contributed by atoms with van der Waals surface area (Å²) >= 11 is 0. The van der Waals surface area contributed by atoms with Crippen LogP contribution in [-0.2, 0) is 4.74 Å². The van der Waals surface area contributed by atoms with E-state index < -0.39 is 0 Å². The third-order valence-electron chi connectivity index (χ3n) is 1.71. The van der Waals surface area contributed by atoms with Crippen LogP contribution < -0.4 is 5.73 Å². The Balaban J connectivity index is 2.80. The first kappa shape index (κ1) is 9.16. The van der Waals surface area contributed by atoms with Gasteiger partial charge in [0.05, 0.1) is 5.69 Å². The predicted molar refractivity (Wildman–Crippen MR) is 47.6 cm³/mol. The summed E-state index contributed by atoms with van der Waals surface area (Å²) in [5.74, 6) is 0. The zero-order valence-corrected chi connectivity index (χ0v) is 7.40. The van der Waals surface area contributed by atoms with Gasteiger partial charge in [0, 0.05) is 19.3 Å². The fourth-order valence-corrected chi connectivity index (χ4v) is 1.15. The second-order valence-corrected chi connectivity index (χ2v) is 2.77. The van der Waals surface area contributed by atoms with Gasteiger partial charge in [-0.3, -0.25) is 4.98 Å². The third kappa shape index (κ3) is 2.03. The van der Waals surface area contributed by atoms with Gasteiger partial charge in [-0.25, -0.2) is 0 Å². The van der Waals surface area contributed by atoms with Gasteiger partial charge in [-0.2, -0.15) is 0 Å². The van der Waals surface area contributed by atoms with E-state index >= 15 is 0 Å². The van der Waals surface area contributed by atoms with Gasteiger partial charge in [0.2, 0.25) is 0 Å². The molecule has 1 aromatic heterocycles. The average molecular weight is 166 g/mol. The molecule has 66 valence electrons. The predicted octanol–water partition coefficient (Wildman–Crippen LogP) is 1.12. The van der Waals surface area contributed by atoms with Crippen molar-refractivity contribution >= 4 is 0 Å². The highest BCUT2D eigenvalue weighted by molar-refractivity contribution is 5.08. The number of methoxy groups -OCH3 is 1. The SMILES string of the molecule is COC(c1ccccn1)C(C)N. The van der Waals surface area contributed by atoms with Crippen LogP contribution in [-0.4, -0.2) is 18.1 Å². The van der Waals surface area contributed by atoms with Gasteiger partial charge in [0.25, 0.3) is 0 Å². The molecule has 0 aliphatic heterocycles. The molecule has 3 nitrogen and oxygen atoms in total. The molecule has 0 aromatic carbocycles. The monoisotopic (exact) mass is 166 g/mol. The van der Waals surface area contributed by atoms with Crippen LogP contribution in [0.25, 0.3) is 0 Å². The van der Waals surface area contributed by atoms with E-state index in [0.717, 1.165) is 5.69 Å². The molecular weight excluding hydrogens is 152 g/mol. The normalized spacial score (nSPS) is 15.6. The number of pyridine rings is 1. The summed E-state index contributed by atoms with van der Waals surface area (Å²) in [5.41, 5.74) is 6.60. The van der Waals surface area contributed by atoms with Crippen molar-refractivity contribution in [3.63, 3.8) is 0 Å². The fourth-order valence-electron chi connectivity index (χ4n) is 1.15. The first-order chi connectivity index (χ1) is 5.75. The Hall–Kier alpha value is -0.930. The van der Waals surface area contributed by atoms with Crippen LogP contribution in [0.15, 0.2) is 24.4 Å². The molecule has 0 aliphatic rings. The molecule has 1 heterocycles. The maximum absolute atomic E-state index is 5.71. The minimum Gasteiger partial charge on any atom is -0.374 e. The van der Waals surface area contributed by atoms with E-state index in [0.29, 0.717) is 0 Å². The Morgan fingerprint density at radius 1 is 1.50 bits per heavy atom. The molecule has 1 rings (SSSR count). The van der Waals surface area contributed by atoms with E-state index in [4.69, 9.17) is 10.5 Å². The number of nitrogens with zero attached hydrogens (tertiary/aromatic N) is 1. The van der Waals surface area contributed by atoms with Gasteiger partial charge < -0.3 is 10.5 Å². The second-order valence-electron chi connectivity index (χ2n) is 2.77. The van der Waals surface area contributed by atoms with Crippen LogP contribution in [0.5, 0.6) is 0 Å². The highest BCUT2D eigenvalue weighted by Crippen LogP contribution is 2.15. The molecule has 0 amide bonds. The van der Waals surface area contributed by atoms with Gasteiger partial charge in [0.15, 0.2) is 0 Å². The molecular formula is C9H14N2O. The maximum Gasteiger partial charge on any atom is 0.114 e. The lowest BCUT2D eigenvalue weighted by Gasteiger charge is -2.17. The number of ether oxygens (including phenoxy) is 1. The molecule has 1 aromatic rings. The van der Waals surface area contributed by atoms with E-state index in [-0.39, 0.29) is 12.1 Å². The van der Waals surface area contributed by atoms with Crippen molar-refractivity contribution in [1.82, 2.24) is 4.98 Å². The van der Waals surface area contributed by atoms with Crippen molar-refractivity contribution in [3.8, 4) is 0 Å². The Bertz CT molecular complexity index is 223. The lowest BCUT2D eigenvalue weighted by atomic mass is 10.1. The molecule has 3 heteroatoms. The Morgan fingerprint density at radius 2 is 2.25 bits per heavy atom. The summed E-state index contributed by atoms with van der Waals surface area (Å²) in [7, 11) is 1.64. The van der Waals surface area contributed by atoms with Crippen molar-refractivity contribution < 1.29 is 4.74 Å². The molecule has 0 bridgehead atoms. The first-order valence-electron chi connectivity index (χ1n) is 3.95. The van der Waals surface area contributed by atoms with Gasteiger partial charge >= 0.3 is 0 Å². The van der Waals surface area contributed by atoms with Gasteiger partial charge in [0.1, 0.15) is 6.10 Å². The van der Waals surface area contributed by atoms with Crippen LogP contribution in [0.4, 0.5) is 0 Å². The maximum atomic E-state index is 5.71. The smallest absolute Gasteiger partial charge is 0.114 e. The van der Waals surface area contributed by atoms with Crippen LogP contribution in [0, 0.1) is 0 Å². The van der Waals surface area contributed by atoms with E-state index in [1.54, 1.807) is 13.3 Å². The van der Waals surface area contributed by atoms with E-state index in [1.165, 1.54) is 0 Å². The molecule has 0 fully saturated rings. The molecule has 0 aliphatic carbocycles. The molecule has 12 heavy (non-hydrogen) atoms. The number of hydrogen-bond donors (Lipinski definition) is 1. The zero-order chi connectivity index (χ0) is 8.97. The van der Waals surface area contributed by atoms with Crippen molar-refractivity contribution in [3.05, 3.63) is 30.1 Å². The van der Waals surface area contributed by atoms with Gasteiger partial charge in [-0.15, -0.1) is 0 Å². The quantitative estimate of drug-likeness (QED) is 0.731. The van der Waals surface area contributed by atoms with Gasteiger partial charge in [-0.1, -0.05) is 6.07 Å². The number of hydrogen-bond acceptors (Lipinski definition) is 3. The molecule has 2 unspecified atom stereocenters. The number of nitrogens with two attached hydrogens (primary N) is 1. The topological polar surface area (TPSA) is 48.1 Å². The van der Waals surface area contributed by atoms with Crippen molar-refractivity contribution in [2.24, 2.45) is 5.73 Å². The fraction of sp³-hybridized carbons (Fsp3) is 0.444. The summed E-state index contributed by atoms with van der Waals surface area (Å²) in [6, 6.07) is 5.68. The van der Waals surface area contributed by atoms with Crippen molar-refractivity contribution in [2.45, 2.75) is 19.1 Å². The van der Waals surface area contributed by atoms with Crippen LogP contribution in [0.1, 0.15) is 18.7 Å². The summed E-state index contributed by atoms with van der Waals surface area (Å²) in [5, 5.41) is 0. The Kier molecular flexibility index (Phi) is 3.19. The van der Waals surface area contributed by atoms with E-state index in [2.05, 4.69) is 4.98 Å². The summed E-state index contributed by atoms with van der Waals surface area (Å²) < 4.78 is 5.21. The molecule has 0 saturated carbocycles. The minimum atomic E-state index is -0.105. The molecule has 0 radical (unpaired) electrons. The summed E-state index contributed by atoms with van der Waals surface area (Å²) in [6.45, 7) is 1.91. The largest absolute Gasteiger partial charge is 0.374 e. The average Bonchev–Trinajstić information content (AvgIpc) is 2.07. The standard InChI is InChI=1S/C9H14N2O/c1-7(10)9(12-2)8-5-3-4-6-11-8/h3-7,9H,10H2,1-2H3. The highest BCUT2D eigenvalue weighted by Gasteiger charge is 2.15. The van der Waals surface area contributed by atoms with E-state index in [1.807, 2.05) is 25.1 Å². The van der Waals surface area contributed by atoms with Crippen molar-refractivity contribution in [2.75, 3.05) is 7.11 Å². The number of rotatable bonds is 3. The summed E-state index contributed by atoms with van der Waals surface area (Å²) in [6.07, 6.45) is 1.63.